The summed E-state index contributed by atoms with van der Waals surface area (Å²) in [7, 11) is 0. The molecule has 1 aliphatic carbocycles. The van der Waals surface area contributed by atoms with Crippen LogP contribution in [0.1, 0.15) is 30.7 Å². The number of rotatable bonds is 6. The number of thiophene rings is 1. The van der Waals surface area contributed by atoms with E-state index in [9.17, 15) is 9.90 Å². The van der Waals surface area contributed by atoms with Crippen LogP contribution >= 0.6 is 23.1 Å². The second-order valence-electron chi connectivity index (χ2n) is 8.01. The summed E-state index contributed by atoms with van der Waals surface area (Å²) in [6.07, 6.45) is 2.79. The molecule has 2 aromatic rings. The van der Waals surface area contributed by atoms with Crippen LogP contribution < -0.4 is 10.5 Å². The molecule has 1 aliphatic heterocycles. The van der Waals surface area contributed by atoms with Gasteiger partial charge in [0.25, 0.3) is 5.56 Å². The number of thioether (sulfide) groups is 1. The van der Waals surface area contributed by atoms with Crippen molar-refractivity contribution in [3.63, 3.8) is 0 Å². The number of hydrogen-bond donors (Lipinski definition) is 2. The fraction of sp³-hybridized carbons (Fsp3) is 0.700. The van der Waals surface area contributed by atoms with E-state index < -0.39 is 6.10 Å². The van der Waals surface area contributed by atoms with Gasteiger partial charge in [0.15, 0.2) is 5.16 Å². The Bertz CT molecular complexity index is 889. The number of hydrogen-bond acceptors (Lipinski definition) is 6. The van der Waals surface area contributed by atoms with E-state index in [0.717, 1.165) is 67.5 Å². The molecule has 2 aliphatic rings. The van der Waals surface area contributed by atoms with Gasteiger partial charge in [-0.15, -0.1) is 11.3 Å². The van der Waals surface area contributed by atoms with Gasteiger partial charge in [0.2, 0.25) is 0 Å². The summed E-state index contributed by atoms with van der Waals surface area (Å²) in [5.74, 6) is 1.24. The zero-order chi connectivity index (χ0) is 19.7. The summed E-state index contributed by atoms with van der Waals surface area (Å²) in [4.78, 5) is 21.7. The van der Waals surface area contributed by atoms with Crippen molar-refractivity contribution in [3.8, 4) is 0 Å². The number of quaternary nitrogens is 1. The minimum atomic E-state index is -0.409. The molecule has 4 rings (SSSR count). The molecule has 0 saturated carbocycles. The lowest BCUT2D eigenvalue weighted by Crippen LogP contribution is -3.15. The van der Waals surface area contributed by atoms with Gasteiger partial charge in [-0.3, -0.25) is 9.36 Å². The molecular formula is C20H30N3O3S2+. The van der Waals surface area contributed by atoms with Gasteiger partial charge >= 0.3 is 0 Å². The fourth-order valence-electron chi connectivity index (χ4n) is 4.22. The van der Waals surface area contributed by atoms with E-state index in [1.54, 1.807) is 15.9 Å². The van der Waals surface area contributed by atoms with Crippen LogP contribution in [0, 0.1) is 5.92 Å². The van der Waals surface area contributed by atoms with E-state index in [1.807, 2.05) is 6.92 Å². The van der Waals surface area contributed by atoms with Crippen LogP contribution in [0.5, 0.6) is 0 Å². The molecule has 0 amide bonds. The second-order valence-corrected chi connectivity index (χ2v) is 10.1. The number of fused-ring (bicyclic) bond motifs is 3. The summed E-state index contributed by atoms with van der Waals surface area (Å²) in [5, 5.41) is 12.1. The Morgan fingerprint density at radius 3 is 2.96 bits per heavy atom. The van der Waals surface area contributed by atoms with E-state index >= 15 is 0 Å². The van der Waals surface area contributed by atoms with Crippen LogP contribution in [0.15, 0.2) is 9.95 Å². The van der Waals surface area contributed by atoms with Crippen LogP contribution in [-0.4, -0.2) is 59.4 Å². The predicted molar refractivity (Wildman–Crippen MR) is 114 cm³/mol. The Balaban J connectivity index is 1.54. The highest BCUT2D eigenvalue weighted by atomic mass is 32.2. The maximum absolute atomic E-state index is 13.2. The number of aliphatic hydroxyl groups is 1. The van der Waals surface area contributed by atoms with Gasteiger partial charge in [0, 0.05) is 17.2 Å². The minimum Gasteiger partial charge on any atom is -0.386 e. The Labute approximate surface area is 173 Å². The van der Waals surface area contributed by atoms with Gasteiger partial charge in [0.05, 0.1) is 18.6 Å². The monoisotopic (exact) mass is 424 g/mol. The van der Waals surface area contributed by atoms with Gasteiger partial charge in [-0.1, -0.05) is 18.7 Å². The van der Waals surface area contributed by atoms with Crippen molar-refractivity contribution in [2.45, 2.75) is 50.9 Å². The van der Waals surface area contributed by atoms with Crippen molar-refractivity contribution in [2.75, 3.05) is 38.6 Å². The smallest absolute Gasteiger partial charge is 0.263 e. The van der Waals surface area contributed by atoms with Crippen LogP contribution in [-0.2, 0) is 24.1 Å². The molecule has 8 heteroatoms. The van der Waals surface area contributed by atoms with Gasteiger partial charge in [-0.2, -0.15) is 0 Å². The summed E-state index contributed by atoms with van der Waals surface area (Å²) in [6.45, 7) is 9.04. The zero-order valence-corrected chi connectivity index (χ0v) is 18.3. The fourth-order valence-corrected chi connectivity index (χ4v) is 6.63. The predicted octanol–water partition coefficient (Wildman–Crippen LogP) is 0.971. The van der Waals surface area contributed by atoms with Crippen LogP contribution in [0.3, 0.4) is 0 Å². The maximum Gasteiger partial charge on any atom is 0.263 e. The highest BCUT2D eigenvalue weighted by molar-refractivity contribution is 7.99. The van der Waals surface area contributed by atoms with Gasteiger partial charge in [0.1, 0.15) is 30.6 Å². The molecule has 6 nitrogen and oxygen atoms in total. The highest BCUT2D eigenvalue weighted by Gasteiger charge is 2.25. The Morgan fingerprint density at radius 2 is 2.21 bits per heavy atom. The molecule has 0 unspecified atom stereocenters. The molecule has 0 aromatic carbocycles. The largest absolute Gasteiger partial charge is 0.386 e. The van der Waals surface area contributed by atoms with E-state index in [0.29, 0.717) is 18.2 Å². The van der Waals surface area contributed by atoms with Crippen LogP contribution in [0.25, 0.3) is 10.2 Å². The third-order valence-corrected chi connectivity index (χ3v) is 8.10. The van der Waals surface area contributed by atoms with E-state index in [4.69, 9.17) is 9.72 Å². The molecule has 0 spiro atoms. The summed E-state index contributed by atoms with van der Waals surface area (Å²) in [6, 6.07) is 0. The standard InChI is InChI=1S/C20H29N3O3S2/c1-3-23-19(25)17-15-5-4-13(2)10-16(15)28-18(17)21-20(23)27-12-14(24)11-22-6-8-26-9-7-22/h13-14,24H,3-12H2,1-2H3/p+1/t13-,14-/m1/s1. The third kappa shape index (κ3) is 4.16. The zero-order valence-electron chi connectivity index (χ0n) is 16.7. The minimum absolute atomic E-state index is 0.0929. The molecule has 154 valence electrons. The first-order chi connectivity index (χ1) is 13.6. The van der Waals surface area contributed by atoms with Crippen molar-refractivity contribution < 1.29 is 14.7 Å². The van der Waals surface area contributed by atoms with Crippen molar-refractivity contribution in [1.29, 1.82) is 0 Å². The van der Waals surface area contributed by atoms with Gasteiger partial charge < -0.3 is 14.7 Å². The van der Waals surface area contributed by atoms with E-state index in [2.05, 4.69) is 6.92 Å². The molecule has 2 aromatic heterocycles. The van der Waals surface area contributed by atoms with Crippen LogP contribution in [0.4, 0.5) is 0 Å². The number of morpholine rings is 1. The van der Waals surface area contributed by atoms with E-state index in [-0.39, 0.29) is 5.56 Å². The lowest BCUT2D eigenvalue weighted by atomic mass is 9.89. The number of aromatic nitrogens is 2. The Hall–Kier alpha value is -0.930. The number of aliphatic hydroxyl groups excluding tert-OH is 1. The average molecular weight is 425 g/mol. The molecule has 3 heterocycles. The number of nitrogens with zero attached hydrogens (tertiary/aromatic N) is 2. The normalized spacial score (nSPS) is 21.8. The van der Waals surface area contributed by atoms with Crippen molar-refractivity contribution in [2.24, 2.45) is 5.92 Å². The lowest BCUT2D eigenvalue weighted by molar-refractivity contribution is -0.910. The first kappa shape index (κ1) is 20.3. The molecule has 1 fully saturated rings. The van der Waals surface area contributed by atoms with Gasteiger partial charge in [-0.05, 0) is 37.7 Å². The SMILES string of the molecule is CCn1c(SC[C@H](O)C[NH+]2CCOCC2)nc2sc3c(c2c1=O)CC[C@@H](C)C3. The molecule has 1 saturated heterocycles. The summed E-state index contributed by atoms with van der Waals surface area (Å²) in [5.41, 5.74) is 1.33. The Morgan fingerprint density at radius 1 is 1.43 bits per heavy atom. The van der Waals surface area contributed by atoms with Crippen molar-refractivity contribution in [1.82, 2.24) is 9.55 Å². The molecule has 0 radical (unpaired) electrons. The van der Waals surface area contributed by atoms with Crippen molar-refractivity contribution in [3.05, 3.63) is 20.8 Å². The number of aryl methyl sites for hydroxylation is 1. The summed E-state index contributed by atoms with van der Waals surface area (Å²) >= 11 is 3.20. The number of ether oxygens (including phenoxy) is 1. The van der Waals surface area contributed by atoms with Crippen LogP contribution in [0.2, 0.25) is 0 Å². The Kier molecular flexibility index (Phi) is 6.42. The second kappa shape index (κ2) is 8.83. The quantitative estimate of drug-likeness (QED) is 0.534. The molecule has 2 atom stereocenters. The topological polar surface area (TPSA) is 68.8 Å². The first-order valence-electron chi connectivity index (χ1n) is 10.3. The van der Waals surface area contributed by atoms with Gasteiger partial charge in [-0.25, -0.2) is 4.98 Å². The van der Waals surface area contributed by atoms with E-state index in [1.165, 1.54) is 27.1 Å². The molecule has 0 bridgehead atoms. The lowest BCUT2D eigenvalue weighted by Gasteiger charge is -2.25. The number of nitrogens with one attached hydrogen (secondary N) is 1. The average Bonchev–Trinajstić information content (AvgIpc) is 3.04. The van der Waals surface area contributed by atoms with Crippen molar-refractivity contribution >= 4 is 33.3 Å². The first-order valence-corrected chi connectivity index (χ1v) is 12.1. The highest BCUT2D eigenvalue weighted by Crippen LogP contribution is 2.36. The third-order valence-electron chi connectivity index (χ3n) is 5.83. The molecule has 28 heavy (non-hydrogen) atoms. The molecular weight excluding hydrogens is 394 g/mol. The maximum atomic E-state index is 13.2. The molecule has 2 N–H and O–H groups in total. The summed E-state index contributed by atoms with van der Waals surface area (Å²) < 4.78 is 7.17.